The van der Waals surface area contributed by atoms with Gasteiger partial charge < -0.3 is 5.11 Å². The highest BCUT2D eigenvalue weighted by molar-refractivity contribution is 5.09. The van der Waals surface area contributed by atoms with Crippen molar-refractivity contribution in [3.8, 4) is 0 Å². The summed E-state index contributed by atoms with van der Waals surface area (Å²) in [6.07, 6.45) is 3.69. The third-order valence-corrected chi connectivity index (χ3v) is 9.89. The van der Waals surface area contributed by atoms with Gasteiger partial charge in [-0.05, 0) is 91.3 Å². The molecule has 3 fully saturated rings. The highest BCUT2D eigenvalue weighted by Crippen LogP contribution is 2.67. The quantitative estimate of drug-likeness (QED) is 0.514. The lowest BCUT2D eigenvalue weighted by Crippen LogP contribution is -2.53. The van der Waals surface area contributed by atoms with Crippen LogP contribution in [0, 0.1) is 46.3 Å². The number of fused-ring (bicyclic) bond motifs is 3. The fourth-order valence-corrected chi connectivity index (χ4v) is 8.56. The molecule has 3 rings (SSSR count). The van der Waals surface area contributed by atoms with Gasteiger partial charge in [0.15, 0.2) is 6.10 Å². The van der Waals surface area contributed by atoms with Gasteiger partial charge in [0.05, 0.1) is 0 Å². The van der Waals surface area contributed by atoms with Crippen molar-refractivity contribution >= 4 is 0 Å². The molecule has 28 heavy (non-hydrogen) atoms. The highest BCUT2D eigenvalue weighted by Gasteiger charge is 2.61. The molecule has 0 amide bonds. The van der Waals surface area contributed by atoms with Crippen molar-refractivity contribution in [2.45, 2.75) is 105 Å². The van der Waals surface area contributed by atoms with Gasteiger partial charge in [0, 0.05) is 0 Å². The van der Waals surface area contributed by atoms with Crippen LogP contribution in [0.4, 0.5) is 13.2 Å². The molecule has 0 aliphatic heterocycles. The second kappa shape index (κ2) is 7.78. The van der Waals surface area contributed by atoms with Crippen LogP contribution >= 0.6 is 0 Å². The van der Waals surface area contributed by atoms with Crippen LogP contribution in [-0.2, 0) is 0 Å². The maximum Gasteiger partial charge on any atom is 0.414 e. The molecule has 0 bridgehead atoms. The van der Waals surface area contributed by atoms with Gasteiger partial charge in [-0.2, -0.15) is 13.2 Å². The topological polar surface area (TPSA) is 20.2 Å². The highest BCUT2D eigenvalue weighted by atomic mass is 19.4. The predicted molar refractivity (Wildman–Crippen MR) is 108 cm³/mol. The van der Waals surface area contributed by atoms with E-state index < -0.39 is 18.2 Å². The van der Waals surface area contributed by atoms with Crippen LogP contribution in [0.3, 0.4) is 0 Å². The van der Waals surface area contributed by atoms with Gasteiger partial charge in [-0.3, -0.25) is 0 Å². The molecule has 4 heteroatoms. The summed E-state index contributed by atoms with van der Waals surface area (Å²) in [6.45, 7) is 11.0. The average molecular weight is 403 g/mol. The van der Waals surface area contributed by atoms with Crippen LogP contribution in [-0.4, -0.2) is 17.4 Å². The van der Waals surface area contributed by atoms with Crippen LogP contribution < -0.4 is 0 Å². The Morgan fingerprint density at radius 3 is 2.25 bits per heavy atom. The first-order valence-electron chi connectivity index (χ1n) is 11.8. The second-order valence-corrected chi connectivity index (χ2v) is 10.9. The van der Waals surface area contributed by atoms with Crippen LogP contribution in [0.15, 0.2) is 0 Å². The fourth-order valence-electron chi connectivity index (χ4n) is 8.56. The fraction of sp³-hybridized carbons (Fsp3) is 1.00. The summed E-state index contributed by atoms with van der Waals surface area (Å²) >= 11 is 0. The Kier molecular flexibility index (Phi) is 6.23. The molecule has 0 aromatic carbocycles. The zero-order valence-corrected chi connectivity index (χ0v) is 18.5. The van der Waals surface area contributed by atoms with E-state index >= 15 is 0 Å². The lowest BCUT2D eigenvalue weighted by atomic mass is 9.45. The molecule has 0 spiro atoms. The third-order valence-electron chi connectivity index (χ3n) is 9.89. The zero-order valence-electron chi connectivity index (χ0n) is 18.5. The van der Waals surface area contributed by atoms with Gasteiger partial charge in [-0.25, -0.2) is 0 Å². The van der Waals surface area contributed by atoms with Crippen LogP contribution in [0.1, 0.15) is 92.4 Å². The second-order valence-electron chi connectivity index (χ2n) is 10.9. The van der Waals surface area contributed by atoms with Crippen molar-refractivity contribution in [3.05, 3.63) is 0 Å². The van der Waals surface area contributed by atoms with E-state index in [1.807, 2.05) is 0 Å². The first kappa shape index (κ1) is 22.4. The zero-order chi connectivity index (χ0) is 20.9. The molecule has 0 aromatic rings. The number of alkyl halides is 3. The molecular formula is C24H41F3O. The minimum absolute atomic E-state index is 0.0172. The molecule has 1 nitrogen and oxygen atoms in total. The minimum atomic E-state index is -4.51. The molecule has 0 aromatic heterocycles. The normalized spacial score (nSPS) is 46.0. The summed E-state index contributed by atoms with van der Waals surface area (Å²) in [4.78, 5) is 0. The van der Waals surface area contributed by atoms with Crippen molar-refractivity contribution in [2.24, 2.45) is 46.3 Å². The Bertz CT molecular complexity index is 546. The van der Waals surface area contributed by atoms with Gasteiger partial charge in [0.1, 0.15) is 0 Å². The molecule has 0 radical (unpaired) electrons. The molecule has 3 aliphatic carbocycles. The molecular weight excluding hydrogens is 361 g/mol. The van der Waals surface area contributed by atoms with E-state index in [-0.39, 0.29) is 11.3 Å². The van der Waals surface area contributed by atoms with E-state index in [2.05, 4.69) is 27.7 Å². The van der Waals surface area contributed by atoms with E-state index in [4.69, 9.17) is 0 Å². The smallest absolute Gasteiger partial charge is 0.383 e. The maximum atomic E-state index is 13.2. The SMILES string of the molecule is CCCC1(C)C(CC)CCC2C1CCC1(C)C2CCC1[C@H](C)C(O)C(F)(F)F. The van der Waals surface area contributed by atoms with E-state index in [1.54, 1.807) is 6.92 Å². The van der Waals surface area contributed by atoms with Crippen molar-refractivity contribution in [3.63, 3.8) is 0 Å². The largest absolute Gasteiger partial charge is 0.414 e. The number of aliphatic hydroxyl groups excluding tert-OH is 1. The molecule has 9 atom stereocenters. The Hall–Kier alpha value is -0.250. The summed E-state index contributed by atoms with van der Waals surface area (Å²) in [5.74, 6) is 2.00. The number of hydrogen-bond donors (Lipinski definition) is 1. The molecule has 164 valence electrons. The number of aliphatic hydroxyl groups is 1. The van der Waals surface area contributed by atoms with E-state index in [0.717, 1.165) is 37.5 Å². The van der Waals surface area contributed by atoms with Crippen LogP contribution in [0.2, 0.25) is 0 Å². The predicted octanol–water partition coefficient (Wildman–Crippen LogP) is 7.23. The summed E-state index contributed by atoms with van der Waals surface area (Å²) in [7, 11) is 0. The Balaban J connectivity index is 1.84. The van der Waals surface area contributed by atoms with Crippen LogP contribution in [0.5, 0.6) is 0 Å². The molecule has 3 saturated carbocycles. The Morgan fingerprint density at radius 2 is 1.68 bits per heavy atom. The van der Waals surface area contributed by atoms with Crippen LogP contribution in [0.25, 0.3) is 0 Å². The number of hydrogen-bond acceptors (Lipinski definition) is 1. The minimum Gasteiger partial charge on any atom is -0.383 e. The molecule has 3 aliphatic rings. The lowest BCUT2D eigenvalue weighted by Gasteiger charge is -2.59. The van der Waals surface area contributed by atoms with Crippen molar-refractivity contribution in [2.75, 3.05) is 0 Å². The Morgan fingerprint density at radius 1 is 1.00 bits per heavy atom. The first-order chi connectivity index (χ1) is 13.0. The molecule has 8 unspecified atom stereocenters. The summed E-state index contributed by atoms with van der Waals surface area (Å²) in [5.41, 5.74) is 0.349. The lowest BCUT2D eigenvalue weighted by molar-refractivity contribution is -0.228. The van der Waals surface area contributed by atoms with E-state index in [1.165, 1.54) is 32.1 Å². The molecule has 0 saturated heterocycles. The summed E-state index contributed by atoms with van der Waals surface area (Å²) in [5, 5.41) is 9.95. The van der Waals surface area contributed by atoms with Crippen molar-refractivity contribution in [1.29, 1.82) is 0 Å². The Labute approximate surface area is 169 Å². The summed E-state index contributed by atoms with van der Waals surface area (Å²) in [6, 6.07) is 0. The first-order valence-corrected chi connectivity index (χ1v) is 11.8. The molecule has 0 heterocycles. The van der Waals surface area contributed by atoms with Gasteiger partial charge in [0.2, 0.25) is 0 Å². The van der Waals surface area contributed by atoms with Gasteiger partial charge >= 0.3 is 6.18 Å². The standard InChI is InChI=1S/C24H41F3O/c1-6-13-22(4)16(7-2)8-9-17-19-11-10-18(15(3)21(28)24(25,26)27)23(19,5)14-12-20(17)22/h15-21,28H,6-14H2,1-5H3/t15-,16?,17?,18?,19?,20?,21?,22?,23?/m0/s1. The maximum absolute atomic E-state index is 13.2. The number of halogens is 3. The number of rotatable bonds is 5. The monoisotopic (exact) mass is 402 g/mol. The summed E-state index contributed by atoms with van der Waals surface area (Å²) < 4.78 is 39.6. The van der Waals surface area contributed by atoms with E-state index in [0.29, 0.717) is 17.3 Å². The van der Waals surface area contributed by atoms with Gasteiger partial charge in [0.25, 0.3) is 0 Å². The third kappa shape index (κ3) is 3.44. The van der Waals surface area contributed by atoms with Crippen molar-refractivity contribution < 1.29 is 18.3 Å². The van der Waals surface area contributed by atoms with Gasteiger partial charge in [-0.1, -0.05) is 47.5 Å². The average Bonchev–Trinajstić information content (AvgIpc) is 2.97. The molecule has 1 N–H and O–H groups in total. The van der Waals surface area contributed by atoms with E-state index in [9.17, 15) is 18.3 Å². The van der Waals surface area contributed by atoms with Gasteiger partial charge in [-0.15, -0.1) is 0 Å². The van der Waals surface area contributed by atoms with Crippen molar-refractivity contribution in [1.82, 2.24) is 0 Å².